The number of esters is 1. The van der Waals surface area contributed by atoms with Crippen molar-refractivity contribution in [1.29, 1.82) is 0 Å². The van der Waals surface area contributed by atoms with E-state index in [-0.39, 0.29) is 17.9 Å². The number of pyridine rings is 1. The van der Waals surface area contributed by atoms with Gasteiger partial charge in [-0.1, -0.05) is 45.9 Å². The van der Waals surface area contributed by atoms with Gasteiger partial charge in [0.25, 0.3) is 5.91 Å². The Morgan fingerprint density at radius 1 is 1.25 bits per heavy atom. The topological polar surface area (TPSA) is 68.3 Å². The van der Waals surface area contributed by atoms with Crippen molar-refractivity contribution in [2.75, 3.05) is 13.2 Å². The molecule has 28 heavy (non-hydrogen) atoms. The van der Waals surface area contributed by atoms with E-state index in [4.69, 9.17) is 9.72 Å². The molecule has 0 spiro atoms. The number of aromatic nitrogens is 1. The highest BCUT2D eigenvalue weighted by Crippen LogP contribution is 2.39. The maximum atomic E-state index is 13.0. The summed E-state index contributed by atoms with van der Waals surface area (Å²) < 4.78 is 5.40. The molecule has 0 fully saturated rings. The van der Waals surface area contributed by atoms with Gasteiger partial charge in [-0.15, -0.1) is 0 Å². The number of ether oxygens (including phenoxy) is 1. The maximum absolute atomic E-state index is 13.0. The quantitative estimate of drug-likeness (QED) is 0.792. The van der Waals surface area contributed by atoms with E-state index in [9.17, 15) is 9.59 Å². The molecule has 1 aromatic carbocycles. The second-order valence-electron chi connectivity index (χ2n) is 8.66. The highest BCUT2D eigenvalue weighted by atomic mass is 16.5. The molecule has 0 aliphatic heterocycles. The number of carbonyl (C=O) groups is 2. The minimum Gasteiger partial charge on any atom is -0.452 e. The van der Waals surface area contributed by atoms with Crippen LogP contribution in [0.1, 0.15) is 62.2 Å². The number of nitrogens with zero attached hydrogens (tertiary/aromatic N) is 1. The first kappa shape index (κ1) is 20.3. The Bertz CT molecular complexity index is 883. The summed E-state index contributed by atoms with van der Waals surface area (Å²) in [7, 11) is 0. The number of hydrogen-bond acceptors (Lipinski definition) is 4. The third-order valence-electron chi connectivity index (χ3n) is 5.59. The van der Waals surface area contributed by atoms with Gasteiger partial charge >= 0.3 is 5.97 Å². The highest BCUT2D eigenvalue weighted by Gasteiger charge is 2.33. The smallest absolute Gasteiger partial charge is 0.339 e. The van der Waals surface area contributed by atoms with Crippen molar-refractivity contribution in [3.05, 3.63) is 41.1 Å². The number of amides is 1. The Hall–Kier alpha value is -2.43. The molecule has 1 aliphatic rings. The Labute approximate surface area is 166 Å². The van der Waals surface area contributed by atoms with Crippen LogP contribution in [0.2, 0.25) is 0 Å². The average Bonchev–Trinajstić information content (AvgIpc) is 2.67. The zero-order chi connectivity index (χ0) is 20.3. The predicted octanol–water partition coefficient (Wildman–Crippen LogP) is 4.07. The fraction of sp³-hybridized carbons (Fsp3) is 0.522. The van der Waals surface area contributed by atoms with Crippen molar-refractivity contribution < 1.29 is 14.3 Å². The van der Waals surface area contributed by atoms with Gasteiger partial charge < -0.3 is 10.1 Å². The largest absolute Gasteiger partial charge is 0.452 e. The third kappa shape index (κ3) is 4.34. The van der Waals surface area contributed by atoms with Crippen LogP contribution < -0.4 is 5.32 Å². The van der Waals surface area contributed by atoms with E-state index < -0.39 is 5.97 Å². The summed E-state index contributed by atoms with van der Waals surface area (Å²) >= 11 is 0. The Kier molecular flexibility index (Phi) is 6.01. The number of carbonyl (C=O) groups excluding carboxylic acids is 2. The van der Waals surface area contributed by atoms with Crippen LogP contribution >= 0.6 is 0 Å². The number of hydrogen-bond donors (Lipinski definition) is 1. The lowest BCUT2D eigenvalue weighted by molar-refractivity contribution is -0.124. The number of fused-ring (bicyclic) bond motifs is 2. The molecule has 3 rings (SSSR count). The summed E-state index contributed by atoms with van der Waals surface area (Å²) in [6.45, 7) is 9.03. The minimum absolute atomic E-state index is 0.157. The van der Waals surface area contributed by atoms with Crippen molar-refractivity contribution in [1.82, 2.24) is 10.3 Å². The summed E-state index contributed by atoms with van der Waals surface area (Å²) in [5.41, 5.74) is 3.52. The van der Waals surface area contributed by atoms with Crippen molar-refractivity contribution >= 4 is 22.8 Å². The van der Waals surface area contributed by atoms with Crippen molar-refractivity contribution in [2.45, 2.75) is 53.4 Å². The predicted molar refractivity (Wildman–Crippen MR) is 110 cm³/mol. The van der Waals surface area contributed by atoms with Crippen LogP contribution in [0, 0.1) is 11.3 Å². The average molecular weight is 383 g/mol. The third-order valence-corrected chi connectivity index (χ3v) is 5.59. The fourth-order valence-electron chi connectivity index (χ4n) is 3.88. The van der Waals surface area contributed by atoms with Crippen LogP contribution in [-0.4, -0.2) is 30.0 Å². The van der Waals surface area contributed by atoms with Crippen LogP contribution in [0.3, 0.4) is 0 Å². The van der Waals surface area contributed by atoms with Gasteiger partial charge in [-0.05, 0) is 48.6 Å². The first-order valence-electron chi connectivity index (χ1n) is 10.2. The number of benzene rings is 1. The van der Waals surface area contributed by atoms with E-state index in [0.29, 0.717) is 18.0 Å². The second kappa shape index (κ2) is 8.29. The van der Waals surface area contributed by atoms with Crippen LogP contribution in [0.25, 0.3) is 10.9 Å². The summed E-state index contributed by atoms with van der Waals surface area (Å²) in [5, 5.41) is 3.54. The van der Waals surface area contributed by atoms with Crippen LogP contribution in [0.15, 0.2) is 24.3 Å². The molecule has 5 heteroatoms. The number of nitrogens with one attached hydrogen (secondary N) is 1. The lowest BCUT2D eigenvalue weighted by atomic mass is 9.70. The van der Waals surface area contributed by atoms with Crippen molar-refractivity contribution in [2.24, 2.45) is 11.3 Å². The minimum atomic E-state index is -0.434. The molecule has 0 bridgehead atoms. The molecular weight excluding hydrogens is 352 g/mol. The first-order valence-corrected chi connectivity index (χ1v) is 10.2. The second-order valence-corrected chi connectivity index (χ2v) is 8.66. The van der Waals surface area contributed by atoms with Crippen LogP contribution in [-0.2, 0) is 22.4 Å². The zero-order valence-corrected chi connectivity index (χ0v) is 17.3. The number of aryl methyl sites for hydroxylation is 1. The van der Waals surface area contributed by atoms with Gasteiger partial charge in [0.1, 0.15) is 0 Å². The van der Waals surface area contributed by atoms with E-state index >= 15 is 0 Å². The molecule has 0 unspecified atom stereocenters. The lowest BCUT2D eigenvalue weighted by Gasteiger charge is -2.35. The van der Waals surface area contributed by atoms with Crippen molar-refractivity contribution in [3.8, 4) is 0 Å². The maximum Gasteiger partial charge on any atom is 0.339 e. The van der Waals surface area contributed by atoms with E-state index in [0.717, 1.165) is 47.8 Å². The molecule has 1 heterocycles. The number of para-hydroxylation sites is 1. The van der Waals surface area contributed by atoms with Gasteiger partial charge in [0.2, 0.25) is 0 Å². The molecule has 1 aromatic heterocycles. The molecular formula is C23H30N2O3. The molecule has 0 saturated heterocycles. The SMILES string of the molecule is CCCNC(=O)COC(=O)c1c2c(nc3ccccc13)CC[C@H](C(C)(C)C)C2. The summed E-state index contributed by atoms with van der Waals surface area (Å²) in [5.74, 6) is -0.228. The molecule has 2 aromatic rings. The van der Waals surface area contributed by atoms with Gasteiger partial charge in [0.15, 0.2) is 6.61 Å². The lowest BCUT2D eigenvalue weighted by Crippen LogP contribution is -2.31. The van der Waals surface area contributed by atoms with E-state index in [1.54, 1.807) is 0 Å². The first-order chi connectivity index (χ1) is 13.3. The summed E-state index contributed by atoms with van der Waals surface area (Å²) in [6, 6.07) is 7.67. The van der Waals surface area contributed by atoms with Gasteiger partial charge in [0, 0.05) is 17.6 Å². The van der Waals surface area contributed by atoms with Crippen LogP contribution in [0.4, 0.5) is 0 Å². The van der Waals surface area contributed by atoms with Gasteiger partial charge in [-0.3, -0.25) is 9.78 Å². The Morgan fingerprint density at radius 3 is 2.71 bits per heavy atom. The van der Waals surface area contributed by atoms with Gasteiger partial charge in [0.05, 0.1) is 11.1 Å². The molecule has 0 saturated carbocycles. The molecule has 0 radical (unpaired) electrons. The highest BCUT2D eigenvalue weighted by molar-refractivity contribution is 6.05. The van der Waals surface area contributed by atoms with Gasteiger partial charge in [-0.25, -0.2) is 4.79 Å². The monoisotopic (exact) mass is 382 g/mol. The normalized spacial score (nSPS) is 16.5. The van der Waals surface area contributed by atoms with Crippen LogP contribution in [0.5, 0.6) is 0 Å². The fourth-order valence-corrected chi connectivity index (χ4v) is 3.88. The zero-order valence-electron chi connectivity index (χ0n) is 17.3. The van der Waals surface area contributed by atoms with E-state index in [1.807, 2.05) is 31.2 Å². The van der Waals surface area contributed by atoms with E-state index in [2.05, 4.69) is 26.1 Å². The van der Waals surface area contributed by atoms with E-state index in [1.165, 1.54) is 0 Å². The summed E-state index contributed by atoms with van der Waals surface area (Å²) in [6.07, 6.45) is 3.58. The Balaban J connectivity index is 1.95. The molecule has 1 N–H and O–H groups in total. The molecule has 150 valence electrons. The van der Waals surface area contributed by atoms with Crippen molar-refractivity contribution in [3.63, 3.8) is 0 Å². The standard InChI is InChI=1S/C23H30N2O3/c1-5-12-24-20(26)14-28-22(27)21-16-8-6-7-9-18(16)25-19-11-10-15(13-17(19)21)23(2,3)4/h6-9,15H,5,10-14H2,1-4H3,(H,24,26)/t15-/m0/s1. The molecule has 5 nitrogen and oxygen atoms in total. The molecule has 1 aliphatic carbocycles. The van der Waals surface area contributed by atoms with Gasteiger partial charge in [-0.2, -0.15) is 0 Å². The molecule has 1 atom stereocenters. The molecule has 1 amide bonds. The Morgan fingerprint density at radius 2 is 2.00 bits per heavy atom. The summed E-state index contributed by atoms with van der Waals surface area (Å²) in [4.78, 5) is 29.7. The number of rotatable bonds is 5.